The third kappa shape index (κ3) is 4.11. The molecule has 0 aromatic carbocycles. The Kier molecular flexibility index (Phi) is 5.28. The normalized spacial score (nSPS) is 11.2. The Morgan fingerprint density at radius 2 is 2.00 bits per heavy atom. The fourth-order valence-electron chi connectivity index (χ4n) is 0.742. The van der Waals surface area contributed by atoms with Gasteiger partial charge in [-0.15, -0.1) is 0 Å². The van der Waals surface area contributed by atoms with Gasteiger partial charge < -0.3 is 9.47 Å². The van der Waals surface area contributed by atoms with Gasteiger partial charge in [-0.25, -0.2) is 0 Å². The van der Waals surface area contributed by atoms with E-state index in [1.807, 2.05) is 0 Å². The van der Waals surface area contributed by atoms with E-state index in [2.05, 4.69) is 9.47 Å². The van der Waals surface area contributed by atoms with Crippen LogP contribution in [0.25, 0.3) is 0 Å². The molecule has 0 saturated carbocycles. The molecule has 1 unspecified atom stereocenters. The molecule has 0 saturated heterocycles. The molecule has 0 N–H and O–H groups in total. The Bertz CT molecular complexity index is 231. The average molecular weight is 185 g/mol. The molecule has 0 rings (SSSR count). The van der Waals surface area contributed by atoms with Crippen LogP contribution in [0.15, 0.2) is 0 Å². The maximum absolute atomic E-state index is 10.8. The van der Waals surface area contributed by atoms with Crippen molar-refractivity contribution in [1.29, 1.82) is 5.26 Å². The minimum absolute atomic E-state index is 0.0455. The molecule has 13 heavy (non-hydrogen) atoms. The zero-order valence-corrected chi connectivity index (χ0v) is 7.57. The first-order valence-electron chi connectivity index (χ1n) is 3.70. The maximum Gasteiger partial charge on any atom is 0.323 e. The first kappa shape index (κ1) is 11.4. The summed E-state index contributed by atoms with van der Waals surface area (Å²) in [7, 11) is 2.45. The summed E-state index contributed by atoms with van der Waals surface area (Å²) in [5, 5.41) is 8.51. The number of hydrogen-bond acceptors (Lipinski definition) is 5. The fraction of sp³-hybridized carbons (Fsp3) is 0.625. The summed E-state index contributed by atoms with van der Waals surface area (Å²) in [5.41, 5.74) is 0. The molecule has 0 fully saturated rings. The van der Waals surface area contributed by atoms with Crippen LogP contribution in [0.1, 0.15) is 12.8 Å². The van der Waals surface area contributed by atoms with Gasteiger partial charge in [-0.3, -0.25) is 9.59 Å². The van der Waals surface area contributed by atoms with Crippen LogP contribution in [0.2, 0.25) is 0 Å². The Morgan fingerprint density at radius 1 is 1.38 bits per heavy atom. The zero-order valence-electron chi connectivity index (χ0n) is 7.57. The second kappa shape index (κ2) is 6.00. The summed E-state index contributed by atoms with van der Waals surface area (Å²) in [6, 6.07) is 1.75. The Balaban J connectivity index is 3.94. The molecule has 0 spiro atoms. The third-order valence-electron chi connectivity index (χ3n) is 1.51. The van der Waals surface area contributed by atoms with Crippen LogP contribution in [0.3, 0.4) is 0 Å². The van der Waals surface area contributed by atoms with Crippen LogP contribution < -0.4 is 0 Å². The lowest BCUT2D eigenvalue weighted by molar-refractivity contribution is -0.144. The highest BCUT2D eigenvalue weighted by atomic mass is 16.5. The monoisotopic (exact) mass is 185 g/mol. The molecule has 0 aliphatic heterocycles. The molecule has 0 aromatic heterocycles. The van der Waals surface area contributed by atoms with Crippen molar-refractivity contribution in [1.82, 2.24) is 0 Å². The van der Waals surface area contributed by atoms with Crippen LogP contribution in [0.5, 0.6) is 0 Å². The molecule has 0 radical (unpaired) electrons. The highest BCUT2D eigenvalue weighted by Crippen LogP contribution is 2.07. The molecule has 72 valence electrons. The van der Waals surface area contributed by atoms with Gasteiger partial charge in [0, 0.05) is 6.42 Å². The van der Waals surface area contributed by atoms with E-state index >= 15 is 0 Å². The van der Waals surface area contributed by atoms with E-state index in [4.69, 9.17) is 5.26 Å². The lowest BCUT2D eigenvalue weighted by Gasteiger charge is -2.04. The van der Waals surface area contributed by atoms with Crippen molar-refractivity contribution in [2.75, 3.05) is 14.2 Å². The van der Waals surface area contributed by atoms with Gasteiger partial charge in [0.2, 0.25) is 0 Å². The maximum atomic E-state index is 10.8. The molecule has 5 heteroatoms. The highest BCUT2D eigenvalue weighted by Gasteiger charge is 2.19. The standard InChI is InChI=1S/C8H11NO4/c1-12-7(10)4-3-6(5-9)8(11)13-2/h6H,3-4H2,1-2H3. The van der Waals surface area contributed by atoms with E-state index < -0.39 is 17.9 Å². The predicted octanol–water partition coefficient (Wildman–Crippen LogP) is 0.252. The Labute approximate surface area is 76.2 Å². The number of hydrogen-bond donors (Lipinski definition) is 0. The van der Waals surface area contributed by atoms with E-state index in [1.165, 1.54) is 14.2 Å². The Morgan fingerprint density at radius 3 is 2.38 bits per heavy atom. The van der Waals surface area contributed by atoms with Crippen molar-refractivity contribution in [3.63, 3.8) is 0 Å². The molecule has 0 aliphatic carbocycles. The summed E-state index contributed by atoms with van der Waals surface area (Å²) < 4.78 is 8.71. The smallest absolute Gasteiger partial charge is 0.323 e. The molecular formula is C8H11NO4. The number of methoxy groups -OCH3 is 2. The van der Waals surface area contributed by atoms with Gasteiger partial charge in [-0.1, -0.05) is 0 Å². The van der Waals surface area contributed by atoms with E-state index in [1.54, 1.807) is 6.07 Å². The molecule has 0 amide bonds. The van der Waals surface area contributed by atoms with Crippen molar-refractivity contribution in [3.05, 3.63) is 0 Å². The SMILES string of the molecule is COC(=O)CCC(C#N)C(=O)OC. The number of ether oxygens (including phenoxy) is 2. The zero-order chi connectivity index (χ0) is 10.3. The van der Waals surface area contributed by atoms with Gasteiger partial charge in [-0.05, 0) is 6.42 Å². The predicted molar refractivity (Wildman–Crippen MR) is 42.4 cm³/mol. The highest BCUT2D eigenvalue weighted by molar-refractivity contribution is 5.76. The number of carbonyl (C=O) groups excluding carboxylic acids is 2. The molecule has 1 atom stereocenters. The number of nitrogens with zero attached hydrogens (tertiary/aromatic N) is 1. The van der Waals surface area contributed by atoms with Gasteiger partial charge >= 0.3 is 11.9 Å². The molecule has 5 nitrogen and oxygen atoms in total. The van der Waals surface area contributed by atoms with Crippen LogP contribution in [0.4, 0.5) is 0 Å². The summed E-state index contributed by atoms with van der Waals surface area (Å²) in [5.74, 6) is -1.94. The van der Waals surface area contributed by atoms with Crippen LogP contribution in [-0.4, -0.2) is 26.2 Å². The lowest BCUT2D eigenvalue weighted by Crippen LogP contribution is -2.16. The molecule has 0 heterocycles. The molecule has 0 bridgehead atoms. The number of rotatable bonds is 4. The van der Waals surface area contributed by atoms with Crippen molar-refractivity contribution in [2.24, 2.45) is 5.92 Å². The van der Waals surface area contributed by atoms with E-state index in [0.717, 1.165) is 0 Å². The quantitative estimate of drug-likeness (QED) is 0.587. The van der Waals surface area contributed by atoms with Crippen molar-refractivity contribution in [2.45, 2.75) is 12.8 Å². The van der Waals surface area contributed by atoms with Crippen LogP contribution in [0, 0.1) is 17.2 Å². The largest absolute Gasteiger partial charge is 0.469 e. The first-order chi connectivity index (χ1) is 6.15. The first-order valence-corrected chi connectivity index (χ1v) is 3.70. The van der Waals surface area contributed by atoms with Gasteiger partial charge in [0.05, 0.1) is 20.3 Å². The van der Waals surface area contributed by atoms with E-state index in [0.29, 0.717) is 0 Å². The number of esters is 2. The molecular weight excluding hydrogens is 174 g/mol. The van der Waals surface area contributed by atoms with Gasteiger partial charge in [0.1, 0.15) is 5.92 Å². The number of nitriles is 1. The summed E-state index contributed by atoms with van der Waals surface area (Å²) in [6.07, 6.45) is 0.180. The minimum Gasteiger partial charge on any atom is -0.469 e. The van der Waals surface area contributed by atoms with E-state index in [9.17, 15) is 9.59 Å². The summed E-state index contributed by atoms with van der Waals surface area (Å²) in [4.78, 5) is 21.5. The van der Waals surface area contributed by atoms with Crippen molar-refractivity contribution >= 4 is 11.9 Å². The van der Waals surface area contributed by atoms with Crippen molar-refractivity contribution < 1.29 is 19.1 Å². The summed E-state index contributed by atoms with van der Waals surface area (Å²) in [6.45, 7) is 0. The number of carbonyl (C=O) groups is 2. The van der Waals surface area contributed by atoms with Crippen LogP contribution >= 0.6 is 0 Å². The van der Waals surface area contributed by atoms with E-state index in [-0.39, 0.29) is 12.8 Å². The molecule has 0 aromatic rings. The van der Waals surface area contributed by atoms with Crippen molar-refractivity contribution in [3.8, 4) is 6.07 Å². The van der Waals surface area contributed by atoms with Gasteiger partial charge in [0.25, 0.3) is 0 Å². The molecule has 0 aliphatic rings. The summed E-state index contributed by atoms with van der Waals surface area (Å²) >= 11 is 0. The topological polar surface area (TPSA) is 76.4 Å². The Hall–Kier alpha value is -1.57. The van der Waals surface area contributed by atoms with Gasteiger partial charge in [0.15, 0.2) is 0 Å². The third-order valence-corrected chi connectivity index (χ3v) is 1.51. The average Bonchev–Trinajstić information content (AvgIpc) is 2.17. The van der Waals surface area contributed by atoms with Crippen LogP contribution in [-0.2, 0) is 19.1 Å². The second-order valence-electron chi connectivity index (χ2n) is 2.32. The fourth-order valence-corrected chi connectivity index (χ4v) is 0.742. The second-order valence-corrected chi connectivity index (χ2v) is 2.32. The lowest BCUT2D eigenvalue weighted by atomic mass is 10.1. The van der Waals surface area contributed by atoms with Gasteiger partial charge in [-0.2, -0.15) is 5.26 Å². The minimum atomic E-state index is -0.885.